The topological polar surface area (TPSA) is 71.1 Å². The van der Waals surface area contributed by atoms with Gasteiger partial charge in [-0.2, -0.15) is 0 Å². The van der Waals surface area contributed by atoms with Crippen LogP contribution in [0.1, 0.15) is 17.5 Å². The number of aromatic nitrogens is 1. The molecule has 3 aromatic rings. The van der Waals surface area contributed by atoms with E-state index in [-0.39, 0.29) is 0 Å². The smallest absolute Gasteiger partial charge is 0.170 e. The first-order valence-electron chi connectivity index (χ1n) is 12.6. The molecule has 0 saturated carbocycles. The molecule has 0 amide bonds. The molecule has 0 spiro atoms. The molecule has 0 bridgehead atoms. The molecule has 0 radical (unpaired) electrons. The van der Waals surface area contributed by atoms with Crippen LogP contribution in [0.15, 0.2) is 36.5 Å². The van der Waals surface area contributed by atoms with Crippen molar-refractivity contribution in [2.24, 2.45) is 0 Å². The third kappa shape index (κ3) is 6.80. The minimum absolute atomic E-state index is 0.629. The Kier molecular flexibility index (Phi) is 9.02. The maximum absolute atomic E-state index is 6.36. The van der Waals surface area contributed by atoms with E-state index in [1.807, 2.05) is 38.1 Å². The highest BCUT2D eigenvalue weighted by molar-refractivity contribution is 7.80. The Morgan fingerprint density at radius 2 is 1.68 bits per heavy atom. The van der Waals surface area contributed by atoms with Crippen LogP contribution in [0.3, 0.4) is 0 Å². The molecule has 9 heteroatoms. The van der Waals surface area contributed by atoms with E-state index in [1.165, 1.54) is 0 Å². The predicted molar refractivity (Wildman–Crippen MR) is 154 cm³/mol. The monoisotopic (exact) mass is 523 g/mol. The molecule has 198 valence electrons. The first-order chi connectivity index (χ1) is 17.9. The number of hydrogen-bond acceptors (Lipinski definition) is 7. The number of likely N-dealkylation sites (N-methyl/N-ethyl adjacent to an activating group) is 1. The molecule has 1 aliphatic heterocycles. The van der Waals surface area contributed by atoms with Gasteiger partial charge in [-0.15, -0.1) is 0 Å². The van der Waals surface area contributed by atoms with Crippen LogP contribution in [-0.2, 0) is 0 Å². The van der Waals surface area contributed by atoms with Crippen molar-refractivity contribution >= 4 is 33.9 Å². The largest absolute Gasteiger partial charge is 0.493 e. The van der Waals surface area contributed by atoms with Crippen LogP contribution in [-0.4, -0.2) is 80.4 Å². The van der Waals surface area contributed by atoms with E-state index < -0.39 is 0 Å². The van der Waals surface area contributed by atoms with Gasteiger partial charge in [0.15, 0.2) is 16.6 Å². The second kappa shape index (κ2) is 12.4. The highest BCUT2D eigenvalue weighted by atomic mass is 32.1. The van der Waals surface area contributed by atoms with Crippen LogP contribution < -0.4 is 24.8 Å². The van der Waals surface area contributed by atoms with Crippen molar-refractivity contribution in [1.29, 1.82) is 0 Å². The van der Waals surface area contributed by atoms with Crippen LogP contribution in [0.5, 0.6) is 23.0 Å². The van der Waals surface area contributed by atoms with E-state index in [2.05, 4.69) is 38.5 Å². The van der Waals surface area contributed by atoms with Crippen molar-refractivity contribution in [1.82, 2.24) is 20.1 Å². The minimum atomic E-state index is 0.629. The summed E-state index contributed by atoms with van der Waals surface area (Å²) in [4.78, 5) is 9.36. The predicted octanol–water partition coefficient (Wildman–Crippen LogP) is 4.59. The van der Waals surface area contributed by atoms with Crippen LogP contribution in [0.4, 0.5) is 5.69 Å². The Morgan fingerprint density at radius 1 is 0.946 bits per heavy atom. The molecule has 8 nitrogen and oxygen atoms in total. The zero-order valence-electron chi connectivity index (χ0n) is 22.4. The van der Waals surface area contributed by atoms with Crippen LogP contribution in [0.2, 0.25) is 0 Å². The average molecular weight is 524 g/mol. The van der Waals surface area contributed by atoms with Crippen LogP contribution >= 0.6 is 12.2 Å². The minimum Gasteiger partial charge on any atom is -0.493 e. The fraction of sp³-hybridized carbons (Fsp3) is 0.429. The number of hydrogen-bond donors (Lipinski definition) is 2. The number of pyridine rings is 1. The van der Waals surface area contributed by atoms with Crippen LogP contribution in [0, 0.1) is 13.8 Å². The van der Waals surface area contributed by atoms with E-state index in [0.717, 1.165) is 79.2 Å². The third-order valence-electron chi connectivity index (χ3n) is 6.73. The van der Waals surface area contributed by atoms with E-state index in [4.69, 9.17) is 26.4 Å². The zero-order chi connectivity index (χ0) is 26.4. The van der Waals surface area contributed by atoms with Gasteiger partial charge in [-0.3, -0.25) is 4.98 Å². The summed E-state index contributed by atoms with van der Waals surface area (Å²) in [5.41, 5.74) is 3.77. The third-order valence-corrected chi connectivity index (χ3v) is 6.98. The summed E-state index contributed by atoms with van der Waals surface area (Å²) in [6.45, 7) is 10.6. The highest BCUT2D eigenvalue weighted by Crippen LogP contribution is 2.38. The quantitative estimate of drug-likeness (QED) is 0.310. The lowest BCUT2D eigenvalue weighted by atomic mass is 10.1. The Morgan fingerprint density at radius 3 is 2.41 bits per heavy atom. The molecular formula is C28H37N5O3S. The summed E-state index contributed by atoms with van der Waals surface area (Å²) in [5.74, 6) is 2.74. The molecular weight excluding hydrogens is 486 g/mol. The lowest BCUT2D eigenvalue weighted by Gasteiger charge is -2.32. The molecule has 1 aliphatic rings. The number of aryl methyl sites for hydroxylation is 2. The summed E-state index contributed by atoms with van der Waals surface area (Å²) in [6, 6.07) is 9.70. The number of ether oxygens (including phenoxy) is 3. The van der Waals surface area contributed by atoms with E-state index in [1.54, 1.807) is 20.4 Å². The number of benzene rings is 2. The highest BCUT2D eigenvalue weighted by Gasteiger charge is 2.15. The molecule has 1 aromatic heterocycles. The second-order valence-corrected chi connectivity index (χ2v) is 9.86. The van der Waals surface area contributed by atoms with Gasteiger partial charge in [0, 0.05) is 56.1 Å². The number of thiocarbonyl (C=S) groups is 1. The number of piperazine rings is 1. The zero-order valence-corrected chi connectivity index (χ0v) is 23.2. The maximum atomic E-state index is 6.36. The van der Waals surface area contributed by atoms with Gasteiger partial charge in [0.2, 0.25) is 0 Å². The Bertz CT molecular complexity index is 1240. The molecule has 0 atom stereocenters. The normalized spacial score (nSPS) is 14.4. The summed E-state index contributed by atoms with van der Waals surface area (Å²) in [7, 11) is 5.41. The number of methoxy groups -OCH3 is 2. The second-order valence-electron chi connectivity index (χ2n) is 9.45. The Labute approximate surface area is 224 Å². The van der Waals surface area contributed by atoms with Gasteiger partial charge < -0.3 is 34.6 Å². The van der Waals surface area contributed by atoms with E-state index >= 15 is 0 Å². The number of rotatable bonds is 9. The number of fused-ring (bicyclic) bond motifs is 1. The van der Waals surface area contributed by atoms with Gasteiger partial charge in [-0.1, -0.05) is 0 Å². The average Bonchev–Trinajstić information content (AvgIpc) is 2.89. The van der Waals surface area contributed by atoms with Gasteiger partial charge in [0.05, 0.1) is 19.7 Å². The lowest BCUT2D eigenvalue weighted by molar-refractivity contribution is 0.153. The van der Waals surface area contributed by atoms with Gasteiger partial charge in [-0.05, 0) is 81.5 Å². The standard InChI is InChI=1S/C28H37N5O3S/c1-19-16-25(36-24-7-9-29-23-18-27(35-5)26(34-4)17-21(23)24)20(2)15-22(19)31-28(37)30-8-6-10-33-13-11-32(3)12-14-33/h7,9,15-18H,6,8,10-14H2,1-5H3,(H2,30,31,37). The molecule has 2 N–H and O–H groups in total. The van der Waals surface area contributed by atoms with Crippen molar-refractivity contribution in [2.75, 3.05) is 65.9 Å². The SMILES string of the molecule is COc1cc2nccc(Oc3cc(C)c(NC(=S)NCCCN4CCN(C)CC4)cc3C)c2cc1OC. The summed E-state index contributed by atoms with van der Waals surface area (Å²) in [6.07, 6.45) is 2.79. The summed E-state index contributed by atoms with van der Waals surface area (Å²) in [5, 5.41) is 8.18. The van der Waals surface area contributed by atoms with Crippen molar-refractivity contribution in [3.8, 4) is 23.0 Å². The van der Waals surface area contributed by atoms with Gasteiger partial charge >= 0.3 is 0 Å². The van der Waals surface area contributed by atoms with E-state index in [9.17, 15) is 0 Å². The summed E-state index contributed by atoms with van der Waals surface area (Å²) < 4.78 is 17.2. The van der Waals surface area contributed by atoms with Crippen LogP contribution in [0.25, 0.3) is 10.9 Å². The van der Waals surface area contributed by atoms with Gasteiger partial charge in [0.1, 0.15) is 11.5 Å². The van der Waals surface area contributed by atoms with Crippen molar-refractivity contribution < 1.29 is 14.2 Å². The van der Waals surface area contributed by atoms with E-state index in [0.29, 0.717) is 22.4 Å². The molecule has 0 unspecified atom stereocenters. The maximum Gasteiger partial charge on any atom is 0.170 e. The van der Waals surface area contributed by atoms with Crippen molar-refractivity contribution in [2.45, 2.75) is 20.3 Å². The molecule has 1 fully saturated rings. The fourth-order valence-corrected chi connectivity index (χ4v) is 4.64. The molecule has 2 aromatic carbocycles. The first kappa shape index (κ1) is 26.9. The van der Waals surface area contributed by atoms with Gasteiger partial charge in [0.25, 0.3) is 0 Å². The molecule has 37 heavy (non-hydrogen) atoms. The number of anilines is 1. The molecule has 4 rings (SSSR count). The summed E-state index contributed by atoms with van der Waals surface area (Å²) >= 11 is 5.56. The fourth-order valence-electron chi connectivity index (χ4n) is 4.43. The Hall–Kier alpha value is -3.14. The van der Waals surface area contributed by atoms with Gasteiger partial charge in [-0.25, -0.2) is 0 Å². The van der Waals surface area contributed by atoms with Crippen molar-refractivity contribution in [3.05, 3.63) is 47.7 Å². The number of nitrogens with zero attached hydrogens (tertiary/aromatic N) is 3. The Balaban J connectivity index is 1.38. The molecule has 0 aliphatic carbocycles. The number of nitrogens with one attached hydrogen (secondary N) is 2. The molecule has 1 saturated heterocycles. The molecule has 2 heterocycles. The first-order valence-corrected chi connectivity index (χ1v) is 13.0. The lowest BCUT2D eigenvalue weighted by Crippen LogP contribution is -2.45. The van der Waals surface area contributed by atoms with Crippen molar-refractivity contribution in [3.63, 3.8) is 0 Å².